The van der Waals surface area contributed by atoms with Crippen LogP contribution in [0.2, 0.25) is 0 Å². The third-order valence-corrected chi connectivity index (χ3v) is 3.48. The monoisotopic (exact) mass is 339 g/mol. The first-order valence-electron chi connectivity index (χ1n) is 7.63. The molecule has 25 heavy (non-hydrogen) atoms. The summed E-state index contributed by atoms with van der Waals surface area (Å²) in [4.78, 5) is 24.5. The second-order valence-electron chi connectivity index (χ2n) is 5.31. The molecule has 0 radical (unpaired) electrons. The molecule has 0 unspecified atom stereocenters. The lowest BCUT2D eigenvalue weighted by molar-refractivity contribution is -0.385. The summed E-state index contributed by atoms with van der Waals surface area (Å²) in [5.74, 6) is -0.330. The molecule has 0 saturated heterocycles. The van der Waals surface area contributed by atoms with Crippen LogP contribution >= 0.6 is 0 Å². The van der Waals surface area contributed by atoms with E-state index < -0.39 is 4.92 Å². The second kappa shape index (κ2) is 8.45. The summed E-state index contributed by atoms with van der Waals surface area (Å²) < 4.78 is 5.41. The maximum absolute atomic E-state index is 12.5. The Hall–Kier alpha value is -3.40. The molecule has 7 heteroatoms. The van der Waals surface area contributed by atoms with E-state index in [1.165, 1.54) is 17.0 Å². The molecule has 0 atom stereocenters. The average molecular weight is 339 g/mol. The highest BCUT2D eigenvalue weighted by atomic mass is 16.6. The van der Waals surface area contributed by atoms with Gasteiger partial charge >= 0.3 is 5.69 Å². The number of anilines is 1. The van der Waals surface area contributed by atoms with Crippen LogP contribution in [0, 0.1) is 28.4 Å². The standard InChI is InChI=1S/C18H17N3O4/c1-14-8-9-16(21(23)24)17(12-14)25-13-18(22)20(11-5-10-19)15-6-3-2-4-7-15/h2-4,6-9,12H,5,11,13H2,1H3. The zero-order valence-electron chi connectivity index (χ0n) is 13.7. The third kappa shape index (κ3) is 4.78. The van der Waals surface area contributed by atoms with E-state index in [0.717, 1.165) is 5.56 Å². The summed E-state index contributed by atoms with van der Waals surface area (Å²) in [5, 5.41) is 19.9. The molecule has 0 fully saturated rings. The van der Waals surface area contributed by atoms with Crippen LogP contribution in [0.25, 0.3) is 0 Å². The van der Waals surface area contributed by atoms with Crippen LogP contribution in [0.5, 0.6) is 5.75 Å². The van der Waals surface area contributed by atoms with E-state index in [-0.39, 0.29) is 36.9 Å². The van der Waals surface area contributed by atoms with Gasteiger partial charge in [0.15, 0.2) is 12.4 Å². The molecule has 0 aliphatic carbocycles. The second-order valence-corrected chi connectivity index (χ2v) is 5.31. The van der Waals surface area contributed by atoms with Gasteiger partial charge in [0, 0.05) is 18.3 Å². The highest BCUT2D eigenvalue weighted by Gasteiger charge is 2.19. The van der Waals surface area contributed by atoms with Crippen molar-refractivity contribution >= 4 is 17.3 Å². The first-order chi connectivity index (χ1) is 12.0. The topological polar surface area (TPSA) is 96.5 Å². The summed E-state index contributed by atoms with van der Waals surface area (Å²) in [6.07, 6.45) is 0.172. The number of ether oxygens (including phenoxy) is 1. The molecule has 2 aromatic rings. The molecule has 7 nitrogen and oxygen atoms in total. The van der Waals surface area contributed by atoms with Crippen molar-refractivity contribution in [1.82, 2.24) is 0 Å². The molecule has 0 heterocycles. The van der Waals surface area contributed by atoms with Crippen molar-refractivity contribution in [1.29, 1.82) is 5.26 Å². The van der Waals surface area contributed by atoms with Crippen molar-refractivity contribution in [3.63, 3.8) is 0 Å². The lowest BCUT2D eigenvalue weighted by atomic mass is 10.2. The zero-order valence-corrected chi connectivity index (χ0v) is 13.7. The normalized spacial score (nSPS) is 9.92. The fourth-order valence-corrected chi connectivity index (χ4v) is 2.27. The van der Waals surface area contributed by atoms with Gasteiger partial charge in [-0.1, -0.05) is 24.3 Å². The van der Waals surface area contributed by atoms with Gasteiger partial charge in [0.2, 0.25) is 0 Å². The fraction of sp³-hybridized carbons (Fsp3) is 0.222. The van der Waals surface area contributed by atoms with Gasteiger partial charge in [-0.25, -0.2) is 0 Å². The minimum absolute atomic E-state index is 0.0478. The number of aryl methyl sites for hydroxylation is 1. The zero-order chi connectivity index (χ0) is 18.2. The molecule has 0 saturated carbocycles. The summed E-state index contributed by atoms with van der Waals surface area (Å²) >= 11 is 0. The lowest BCUT2D eigenvalue weighted by Gasteiger charge is -2.21. The van der Waals surface area contributed by atoms with Crippen LogP contribution in [0.15, 0.2) is 48.5 Å². The highest BCUT2D eigenvalue weighted by Crippen LogP contribution is 2.28. The molecule has 1 amide bonds. The van der Waals surface area contributed by atoms with Crippen LogP contribution < -0.4 is 9.64 Å². The van der Waals surface area contributed by atoms with Gasteiger partial charge in [-0.3, -0.25) is 14.9 Å². The maximum atomic E-state index is 12.5. The number of nitro groups is 1. The van der Waals surface area contributed by atoms with E-state index in [4.69, 9.17) is 10.00 Å². The van der Waals surface area contributed by atoms with Crippen LogP contribution in [0.3, 0.4) is 0 Å². The fourth-order valence-electron chi connectivity index (χ4n) is 2.27. The molecular formula is C18H17N3O4. The van der Waals surface area contributed by atoms with Crippen molar-refractivity contribution in [3.05, 3.63) is 64.2 Å². The Balaban J connectivity index is 2.15. The van der Waals surface area contributed by atoms with E-state index in [1.807, 2.05) is 12.1 Å². The quantitative estimate of drug-likeness (QED) is 0.570. The largest absolute Gasteiger partial charge is 0.477 e. The van der Waals surface area contributed by atoms with Gasteiger partial charge in [-0.2, -0.15) is 5.26 Å². The van der Waals surface area contributed by atoms with Gasteiger partial charge in [0.1, 0.15) is 0 Å². The highest BCUT2D eigenvalue weighted by molar-refractivity contribution is 5.94. The van der Waals surface area contributed by atoms with Gasteiger partial charge in [0.25, 0.3) is 5.91 Å². The molecular weight excluding hydrogens is 322 g/mol. The van der Waals surface area contributed by atoms with Crippen molar-refractivity contribution in [2.45, 2.75) is 13.3 Å². The van der Waals surface area contributed by atoms with Gasteiger partial charge in [-0.05, 0) is 30.7 Å². The number of rotatable bonds is 7. The summed E-state index contributed by atoms with van der Waals surface area (Å²) in [6.45, 7) is 1.64. The Morgan fingerprint density at radius 2 is 2.00 bits per heavy atom. The minimum Gasteiger partial charge on any atom is -0.477 e. The number of hydrogen-bond donors (Lipinski definition) is 0. The Bertz CT molecular complexity index is 800. The number of hydrogen-bond acceptors (Lipinski definition) is 5. The lowest BCUT2D eigenvalue weighted by Crippen LogP contribution is -2.35. The van der Waals surface area contributed by atoms with E-state index in [0.29, 0.717) is 5.69 Å². The average Bonchev–Trinajstić information content (AvgIpc) is 2.61. The summed E-state index contributed by atoms with van der Waals surface area (Å²) in [6, 6.07) is 15.4. The van der Waals surface area contributed by atoms with Crippen LogP contribution in [0.1, 0.15) is 12.0 Å². The summed E-state index contributed by atoms with van der Waals surface area (Å²) in [5.41, 5.74) is 1.24. The number of carbonyl (C=O) groups excluding carboxylic acids is 1. The molecule has 0 aromatic heterocycles. The number of nitro benzene ring substituents is 1. The van der Waals surface area contributed by atoms with E-state index >= 15 is 0 Å². The number of benzene rings is 2. The van der Waals surface area contributed by atoms with Gasteiger partial charge in [0.05, 0.1) is 17.4 Å². The maximum Gasteiger partial charge on any atom is 0.310 e. The van der Waals surface area contributed by atoms with Crippen molar-refractivity contribution in [2.24, 2.45) is 0 Å². The predicted octanol–water partition coefficient (Wildman–Crippen LogP) is 3.23. The SMILES string of the molecule is Cc1ccc([N+](=O)[O-])c(OCC(=O)N(CCC#N)c2ccccc2)c1. The number of nitriles is 1. The van der Waals surface area contributed by atoms with Crippen molar-refractivity contribution < 1.29 is 14.5 Å². The molecule has 0 bridgehead atoms. The van der Waals surface area contributed by atoms with E-state index in [1.54, 1.807) is 37.3 Å². The number of para-hydroxylation sites is 1. The molecule has 0 aliphatic heterocycles. The molecule has 128 valence electrons. The minimum atomic E-state index is -0.552. The molecule has 2 aromatic carbocycles. The van der Waals surface area contributed by atoms with Crippen LogP contribution in [-0.2, 0) is 4.79 Å². The van der Waals surface area contributed by atoms with Crippen molar-refractivity contribution in [3.8, 4) is 11.8 Å². The predicted molar refractivity (Wildman–Crippen MR) is 92.4 cm³/mol. The smallest absolute Gasteiger partial charge is 0.310 e. The van der Waals surface area contributed by atoms with Gasteiger partial charge < -0.3 is 9.64 Å². The number of carbonyl (C=O) groups is 1. The molecule has 0 N–H and O–H groups in total. The Morgan fingerprint density at radius 3 is 2.64 bits per heavy atom. The number of nitrogens with zero attached hydrogens (tertiary/aromatic N) is 3. The third-order valence-electron chi connectivity index (χ3n) is 3.48. The molecule has 0 spiro atoms. The Kier molecular flexibility index (Phi) is 6.07. The first-order valence-corrected chi connectivity index (χ1v) is 7.63. The molecule has 2 rings (SSSR count). The van der Waals surface area contributed by atoms with Crippen molar-refractivity contribution in [2.75, 3.05) is 18.1 Å². The first kappa shape index (κ1) is 17.9. The van der Waals surface area contributed by atoms with Gasteiger partial charge in [-0.15, -0.1) is 0 Å². The molecule has 0 aliphatic rings. The summed E-state index contributed by atoms with van der Waals surface area (Å²) in [7, 11) is 0. The number of amides is 1. The van der Waals surface area contributed by atoms with E-state index in [2.05, 4.69) is 0 Å². The van der Waals surface area contributed by atoms with E-state index in [9.17, 15) is 14.9 Å². The van der Waals surface area contributed by atoms with Crippen LogP contribution in [0.4, 0.5) is 11.4 Å². The Morgan fingerprint density at radius 1 is 1.28 bits per heavy atom. The Labute approximate surface area is 145 Å². The van der Waals surface area contributed by atoms with Crippen LogP contribution in [-0.4, -0.2) is 24.0 Å².